The van der Waals surface area contributed by atoms with Crippen LogP contribution >= 0.6 is 15.9 Å². The van der Waals surface area contributed by atoms with Crippen LogP contribution in [0.1, 0.15) is 32.2 Å². The molecule has 0 bridgehead atoms. The molecule has 2 rings (SSSR count). The number of nitrogen functional groups attached to an aromatic ring is 1. The van der Waals surface area contributed by atoms with Crippen molar-refractivity contribution in [2.24, 2.45) is 0 Å². The zero-order chi connectivity index (χ0) is 13.3. The van der Waals surface area contributed by atoms with Crippen LogP contribution in [0.5, 0.6) is 0 Å². The van der Waals surface area contributed by atoms with Crippen LogP contribution < -0.4 is 5.73 Å². The molecule has 2 aromatic heterocycles. The number of rotatable bonds is 2. The first-order valence-electron chi connectivity index (χ1n) is 5.68. The van der Waals surface area contributed by atoms with Crippen molar-refractivity contribution in [2.45, 2.75) is 32.7 Å². The summed E-state index contributed by atoms with van der Waals surface area (Å²) in [6.07, 6.45) is 1.77. The molecule has 0 fully saturated rings. The van der Waals surface area contributed by atoms with E-state index in [2.05, 4.69) is 52.0 Å². The highest BCUT2D eigenvalue weighted by Gasteiger charge is 2.24. The molecule has 96 valence electrons. The number of nitrogens with two attached hydrogens (primary N) is 1. The number of halogens is 1. The molecule has 0 aliphatic rings. The molecule has 0 aliphatic heterocycles. The summed E-state index contributed by atoms with van der Waals surface area (Å²) in [5.74, 6) is 0.486. The van der Waals surface area contributed by atoms with Crippen LogP contribution in [0.2, 0.25) is 0 Å². The van der Waals surface area contributed by atoms with E-state index in [9.17, 15) is 0 Å². The molecular weight excluding hydrogens is 294 g/mol. The third-order valence-corrected chi connectivity index (χ3v) is 3.04. The Kier molecular flexibility index (Phi) is 3.38. The molecule has 2 aromatic rings. The van der Waals surface area contributed by atoms with Crippen molar-refractivity contribution < 1.29 is 0 Å². The van der Waals surface area contributed by atoms with Gasteiger partial charge in [0.2, 0.25) is 0 Å². The van der Waals surface area contributed by atoms with Crippen LogP contribution in [0, 0.1) is 0 Å². The Morgan fingerprint density at radius 2 is 2.06 bits per heavy atom. The largest absolute Gasteiger partial charge is 0.381 e. The van der Waals surface area contributed by atoms with Crippen LogP contribution in [0.4, 0.5) is 5.82 Å². The summed E-state index contributed by atoms with van der Waals surface area (Å²) in [6.45, 7) is 6.85. The van der Waals surface area contributed by atoms with Crippen molar-refractivity contribution >= 4 is 21.7 Å². The second-order valence-electron chi connectivity index (χ2n) is 5.20. The van der Waals surface area contributed by atoms with E-state index in [4.69, 9.17) is 5.73 Å². The van der Waals surface area contributed by atoms with Crippen molar-refractivity contribution in [1.82, 2.24) is 20.0 Å². The number of aromatic nitrogens is 4. The molecule has 0 saturated carbocycles. The second kappa shape index (κ2) is 4.68. The Morgan fingerprint density at radius 1 is 1.33 bits per heavy atom. The van der Waals surface area contributed by atoms with E-state index in [1.165, 1.54) is 0 Å². The smallest absolute Gasteiger partial charge is 0.169 e. The highest BCUT2D eigenvalue weighted by molar-refractivity contribution is 9.10. The first-order chi connectivity index (χ1) is 8.38. The van der Waals surface area contributed by atoms with Gasteiger partial charge in [0.1, 0.15) is 0 Å². The topological polar surface area (TPSA) is 69.6 Å². The van der Waals surface area contributed by atoms with Gasteiger partial charge in [0.05, 0.1) is 17.9 Å². The molecule has 2 N–H and O–H groups in total. The fourth-order valence-corrected chi connectivity index (χ4v) is 2.10. The minimum absolute atomic E-state index is 0.0943. The van der Waals surface area contributed by atoms with Gasteiger partial charge in [-0.2, -0.15) is 0 Å². The SMILES string of the molecule is CC(C)(C)c1c(N)nnn1Cc1ccc(Br)cn1. The molecule has 0 radical (unpaired) electrons. The van der Waals surface area contributed by atoms with Gasteiger partial charge in [0.15, 0.2) is 5.82 Å². The van der Waals surface area contributed by atoms with E-state index in [1.54, 1.807) is 6.20 Å². The maximum absolute atomic E-state index is 5.88. The maximum Gasteiger partial charge on any atom is 0.169 e. The van der Waals surface area contributed by atoms with Crippen LogP contribution in [0.3, 0.4) is 0 Å². The van der Waals surface area contributed by atoms with E-state index in [0.717, 1.165) is 15.9 Å². The van der Waals surface area contributed by atoms with E-state index >= 15 is 0 Å². The molecule has 0 amide bonds. The highest BCUT2D eigenvalue weighted by Crippen LogP contribution is 2.26. The van der Waals surface area contributed by atoms with Crippen LogP contribution in [-0.2, 0) is 12.0 Å². The van der Waals surface area contributed by atoms with Crippen LogP contribution in [0.25, 0.3) is 0 Å². The lowest BCUT2D eigenvalue weighted by molar-refractivity contribution is 0.500. The van der Waals surface area contributed by atoms with Crippen molar-refractivity contribution in [2.75, 3.05) is 5.73 Å². The molecule has 0 aromatic carbocycles. The molecule has 0 saturated heterocycles. The van der Waals surface area contributed by atoms with E-state index in [0.29, 0.717) is 12.4 Å². The number of hydrogen-bond donors (Lipinski definition) is 1. The molecular formula is C12H16BrN5. The van der Waals surface area contributed by atoms with Gasteiger partial charge in [-0.25, -0.2) is 4.68 Å². The summed E-state index contributed by atoms with van der Waals surface area (Å²) in [4.78, 5) is 4.33. The minimum Gasteiger partial charge on any atom is -0.381 e. The van der Waals surface area contributed by atoms with E-state index in [-0.39, 0.29) is 5.41 Å². The maximum atomic E-state index is 5.88. The van der Waals surface area contributed by atoms with E-state index in [1.807, 2.05) is 16.8 Å². The number of hydrogen-bond acceptors (Lipinski definition) is 4. The van der Waals surface area contributed by atoms with Gasteiger partial charge < -0.3 is 5.73 Å². The standard InChI is InChI=1S/C12H16BrN5/c1-12(2,3)10-11(14)16-17-18(10)7-9-5-4-8(13)6-15-9/h4-6H,7,14H2,1-3H3. The lowest BCUT2D eigenvalue weighted by Gasteiger charge is -2.19. The number of pyridine rings is 1. The van der Waals surface area contributed by atoms with Crippen LogP contribution in [-0.4, -0.2) is 20.0 Å². The van der Waals surface area contributed by atoms with Gasteiger partial charge in [0.25, 0.3) is 0 Å². The van der Waals surface area contributed by atoms with Crippen molar-refractivity contribution in [1.29, 1.82) is 0 Å². The lowest BCUT2D eigenvalue weighted by Crippen LogP contribution is -2.20. The second-order valence-corrected chi connectivity index (χ2v) is 6.11. The first-order valence-corrected chi connectivity index (χ1v) is 6.47. The molecule has 0 unspecified atom stereocenters. The number of anilines is 1. The van der Waals surface area contributed by atoms with Gasteiger partial charge >= 0.3 is 0 Å². The summed E-state index contributed by atoms with van der Waals surface area (Å²) in [6, 6.07) is 3.91. The third-order valence-electron chi connectivity index (χ3n) is 2.57. The van der Waals surface area contributed by atoms with Gasteiger partial charge in [-0.05, 0) is 28.1 Å². The summed E-state index contributed by atoms with van der Waals surface area (Å²) in [7, 11) is 0. The average Bonchev–Trinajstić information content (AvgIpc) is 2.63. The van der Waals surface area contributed by atoms with Gasteiger partial charge in [-0.1, -0.05) is 26.0 Å². The molecule has 5 nitrogen and oxygen atoms in total. The molecule has 0 aliphatic carbocycles. The summed E-state index contributed by atoms with van der Waals surface area (Å²) >= 11 is 3.36. The van der Waals surface area contributed by atoms with Crippen LogP contribution in [0.15, 0.2) is 22.8 Å². The fourth-order valence-electron chi connectivity index (χ4n) is 1.86. The zero-order valence-corrected chi connectivity index (χ0v) is 12.3. The first kappa shape index (κ1) is 13.0. The van der Waals surface area contributed by atoms with Gasteiger partial charge in [-0.15, -0.1) is 5.10 Å². The Labute approximate surface area is 115 Å². The Bertz CT molecular complexity index is 539. The van der Waals surface area contributed by atoms with Crippen molar-refractivity contribution in [3.05, 3.63) is 34.2 Å². The van der Waals surface area contributed by atoms with Crippen molar-refractivity contribution in [3.63, 3.8) is 0 Å². The third kappa shape index (κ3) is 2.69. The highest BCUT2D eigenvalue weighted by atomic mass is 79.9. The molecule has 0 atom stereocenters. The monoisotopic (exact) mass is 309 g/mol. The minimum atomic E-state index is -0.0943. The quantitative estimate of drug-likeness (QED) is 0.924. The summed E-state index contributed by atoms with van der Waals surface area (Å²) in [5.41, 5.74) is 7.65. The fraction of sp³-hybridized carbons (Fsp3) is 0.417. The van der Waals surface area contributed by atoms with Crippen molar-refractivity contribution in [3.8, 4) is 0 Å². The Hall–Kier alpha value is -1.43. The molecule has 0 spiro atoms. The normalized spacial score (nSPS) is 11.8. The predicted octanol–water partition coefficient (Wildman–Crippen LogP) is 2.36. The predicted molar refractivity (Wildman–Crippen MR) is 74.2 cm³/mol. The average molecular weight is 310 g/mol. The molecule has 18 heavy (non-hydrogen) atoms. The Morgan fingerprint density at radius 3 is 2.61 bits per heavy atom. The molecule has 2 heterocycles. The Balaban J connectivity index is 2.33. The summed E-state index contributed by atoms with van der Waals surface area (Å²) in [5, 5.41) is 8.04. The summed E-state index contributed by atoms with van der Waals surface area (Å²) < 4.78 is 2.77. The number of nitrogens with zero attached hydrogens (tertiary/aromatic N) is 4. The van der Waals surface area contributed by atoms with Gasteiger partial charge in [-0.3, -0.25) is 4.98 Å². The lowest BCUT2D eigenvalue weighted by atomic mass is 9.92. The van der Waals surface area contributed by atoms with E-state index < -0.39 is 0 Å². The molecule has 6 heteroatoms. The zero-order valence-electron chi connectivity index (χ0n) is 10.7. The van der Waals surface area contributed by atoms with Gasteiger partial charge in [0, 0.05) is 16.1 Å².